The number of carbonyl (C=O) groups is 1. The van der Waals surface area contributed by atoms with E-state index in [9.17, 15) is 4.79 Å². The van der Waals surface area contributed by atoms with Crippen molar-refractivity contribution < 1.29 is 14.3 Å². The van der Waals surface area contributed by atoms with Crippen LogP contribution >= 0.6 is 0 Å². The molecule has 0 bridgehead atoms. The molecule has 2 aromatic carbocycles. The molecule has 3 rings (SSSR count). The van der Waals surface area contributed by atoms with Crippen molar-refractivity contribution in [2.45, 2.75) is 32.3 Å². The Balaban J connectivity index is 1.57. The number of cyclic esters (lactones) is 1. The molecule has 1 atom stereocenters. The first-order valence-corrected chi connectivity index (χ1v) is 8.20. The predicted molar refractivity (Wildman–Crippen MR) is 94.7 cm³/mol. The Bertz CT molecular complexity index is 689. The van der Waals surface area contributed by atoms with Crippen LogP contribution in [0.4, 0.5) is 10.5 Å². The number of anilines is 1. The molecule has 0 aromatic heterocycles. The summed E-state index contributed by atoms with van der Waals surface area (Å²) in [5, 5.41) is 0. The molecular weight excluding hydrogens is 302 g/mol. The maximum Gasteiger partial charge on any atom is 0.414 e. The fraction of sp³-hybridized carbons (Fsp3) is 0.350. The largest absolute Gasteiger partial charge is 0.490 e. The molecule has 126 valence electrons. The van der Waals surface area contributed by atoms with Gasteiger partial charge in [-0.3, -0.25) is 4.90 Å². The number of rotatable bonds is 4. The molecule has 0 saturated carbocycles. The molecule has 1 saturated heterocycles. The maximum absolute atomic E-state index is 12.0. The minimum atomic E-state index is -0.321. The average molecular weight is 325 g/mol. The molecule has 1 aliphatic heterocycles. The van der Waals surface area contributed by atoms with Crippen molar-refractivity contribution in [1.29, 1.82) is 0 Å². The van der Waals surface area contributed by atoms with E-state index in [0.717, 1.165) is 11.4 Å². The third kappa shape index (κ3) is 3.70. The molecule has 1 amide bonds. The number of nitrogens with zero attached hydrogens (tertiary/aromatic N) is 1. The van der Waals surface area contributed by atoms with Gasteiger partial charge in [0.15, 0.2) is 6.10 Å². The van der Waals surface area contributed by atoms with E-state index < -0.39 is 0 Å². The highest BCUT2D eigenvalue weighted by Gasteiger charge is 2.32. The zero-order chi connectivity index (χ0) is 17.2. The SMILES string of the molecule is CC(C)(C)c1ccc(OCC2CN(c3ccccc3)C(=O)O2)cc1. The van der Waals surface area contributed by atoms with E-state index in [2.05, 4.69) is 32.9 Å². The summed E-state index contributed by atoms with van der Waals surface area (Å²) in [6, 6.07) is 17.6. The van der Waals surface area contributed by atoms with Gasteiger partial charge in [0.25, 0.3) is 0 Å². The van der Waals surface area contributed by atoms with E-state index in [1.54, 1.807) is 4.90 Å². The molecule has 1 fully saturated rings. The average Bonchev–Trinajstić information content (AvgIpc) is 2.94. The first kappa shape index (κ1) is 16.4. The van der Waals surface area contributed by atoms with Crippen LogP contribution in [0.2, 0.25) is 0 Å². The van der Waals surface area contributed by atoms with Crippen molar-refractivity contribution in [1.82, 2.24) is 0 Å². The molecule has 0 radical (unpaired) electrons. The Morgan fingerprint density at radius 3 is 2.38 bits per heavy atom. The van der Waals surface area contributed by atoms with Gasteiger partial charge in [-0.05, 0) is 35.2 Å². The van der Waals surface area contributed by atoms with Gasteiger partial charge in [0.1, 0.15) is 12.4 Å². The molecule has 4 heteroatoms. The first-order valence-electron chi connectivity index (χ1n) is 8.20. The smallest absolute Gasteiger partial charge is 0.414 e. The molecule has 1 heterocycles. The van der Waals surface area contributed by atoms with Gasteiger partial charge < -0.3 is 9.47 Å². The summed E-state index contributed by atoms with van der Waals surface area (Å²) >= 11 is 0. The van der Waals surface area contributed by atoms with E-state index in [4.69, 9.17) is 9.47 Å². The number of hydrogen-bond donors (Lipinski definition) is 0. The Morgan fingerprint density at radius 2 is 1.75 bits per heavy atom. The zero-order valence-electron chi connectivity index (χ0n) is 14.4. The van der Waals surface area contributed by atoms with Crippen LogP contribution in [0.15, 0.2) is 54.6 Å². The van der Waals surface area contributed by atoms with Crippen LogP contribution in [0.1, 0.15) is 26.3 Å². The highest BCUT2D eigenvalue weighted by Crippen LogP contribution is 2.25. The maximum atomic E-state index is 12.0. The van der Waals surface area contributed by atoms with E-state index in [1.807, 2.05) is 42.5 Å². The summed E-state index contributed by atoms with van der Waals surface area (Å²) in [5.74, 6) is 0.789. The number of benzene rings is 2. The van der Waals surface area contributed by atoms with E-state index in [0.29, 0.717) is 13.2 Å². The van der Waals surface area contributed by atoms with Crippen molar-refractivity contribution in [2.24, 2.45) is 0 Å². The number of para-hydroxylation sites is 1. The number of amides is 1. The lowest BCUT2D eigenvalue weighted by atomic mass is 9.87. The van der Waals surface area contributed by atoms with Gasteiger partial charge >= 0.3 is 6.09 Å². The summed E-state index contributed by atoms with van der Waals surface area (Å²) in [6.45, 7) is 7.39. The first-order chi connectivity index (χ1) is 11.4. The van der Waals surface area contributed by atoms with Crippen LogP contribution in [0.5, 0.6) is 5.75 Å². The summed E-state index contributed by atoms with van der Waals surface area (Å²) in [7, 11) is 0. The summed E-state index contributed by atoms with van der Waals surface area (Å²) < 4.78 is 11.2. The summed E-state index contributed by atoms with van der Waals surface area (Å²) in [6.07, 6.45) is -0.585. The Labute approximate surface area is 143 Å². The van der Waals surface area contributed by atoms with Crippen LogP contribution in [0.3, 0.4) is 0 Å². The lowest BCUT2D eigenvalue weighted by Crippen LogP contribution is -2.26. The standard InChI is InChI=1S/C20H23NO3/c1-20(2,3)15-9-11-17(12-10-15)23-14-18-13-21(19(22)24-18)16-7-5-4-6-8-16/h4-12,18H,13-14H2,1-3H3. The molecule has 0 N–H and O–H groups in total. The second-order valence-corrected chi connectivity index (χ2v) is 7.04. The molecular formula is C20H23NO3. The van der Waals surface area contributed by atoms with Crippen molar-refractivity contribution in [3.8, 4) is 5.75 Å². The van der Waals surface area contributed by atoms with Crippen LogP contribution in [0.25, 0.3) is 0 Å². The number of hydrogen-bond acceptors (Lipinski definition) is 3. The molecule has 0 spiro atoms. The van der Waals surface area contributed by atoms with E-state index >= 15 is 0 Å². The van der Waals surface area contributed by atoms with Gasteiger partial charge in [0.05, 0.1) is 6.54 Å². The monoisotopic (exact) mass is 325 g/mol. The quantitative estimate of drug-likeness (QED) is 0.837. The minimum absolute atomic E-state index is 0.121. The zero-order valence-corrected chi connectivity index (χ0v) is 14.4. The Morgan fingerprint density at radius 1 is 1.08 bits per heavy atom. The molecule has 0 aliphatic carbocycles. The van der Waals surface area contributed by atoms with E-state index in [1.165, 1.54) is 5.56 Å². The predicted octanol–water partition coefficient (Wildman–Crippen LogP) is 4.39. The van der Waals surface area contributed by atoms with Gasteiger partial charge in [0, 0.05) is 5.69 Å². The van der Waals surface area contributed by atoms with Gasteiger partial charge in [-0.25, -0.2) is 4.79 Å². The fourth-order valence-corrected chi connectivity index (χ4v) is 2.67. The van der Waals surface area contributed by atoms with Crippen LogP contribution < -0.4 is 9.64 Å². The third-order valence-electron chi connectivity index (χ3n) is 4.10. The van der Waals surface area contributed by atoms with E-state index in [-0.39, 0.29) is 17.6 Å². The van der Waals surface area contributed by atoms with Crippen molar-refractivity contribution in [3.63, 3.8) is 0 Å². The van der Waals surface area contributed by atoms with Gasteiger partial charge in [-0.2, -0.15) is 0 Å². The fourth-order valence-electron chi connectivity index (χ4n) is 2.67. The second kappa shape index (κ2) is 6.56. The van der Waals surface area contributed by atoms with Crippen molar-refractivity contribution in [2.75, 3.05) is 18.1 Å². The molecule has 4 nitrogen and oxygen atoms in total. The lowest BCUT2D eigenvalue weighted by Gasteiger charge is -2.19. The van der Waals surface area contributed by atoms with Crippen LogP contribution in [-0.2, 0) is 10.2 Å². The Hall–Kier alpha value is -2.49. The highest BCUT2D eigenvalue weighted by atomic mass is 16.6. The van der Waals surface area contributed by atoms with Crippen molar-refractivity contribution >= 4 is 11.8 Å². The highest BCUT2D eigenvalue weighted by molar-refractivity contribution is 5.89. The summed E-state index contributed by atoms with van der Waals surface area (Å²) in [4.78, 5) is 13.6. The Kier molecular flexibility index (Phi) is 4.47. The van der Waals surface area contributed by atoms with Gasteiger partial charge in [-0.15, -0.1) is 0 Å². The second-order valence-electron chi connectivity index (χ2n) is 7.04. The topological polar surface area (TPSA) is 38.8 Å². The number of carbonyl (C=O) groups excluding carboxylic acids is 1. The number of ether oxygens (including phenoxy) is 2. The van der Waals surface area contributed by atoms with Crippen LogP contribution in [0, 0.1) is 0 Å². The molecule has 1 aliphatic rings. The molecule has 1 unspecified atom stereocenters. The minimum Gasteiger partial charge on any atom is -0.490 e. The molecule has 24 heavy (non-hydrogen) atoms. The van der Waals surface area contributed by atoms with Crippen molar-refractivity contribution in [3.05, 3.63) is 60.2 Å². The normalized spacial score (nSPS) is 17.7. The summed E-state index contributed by atoms with van der Waals surface area (Å²) in [5.41, 5.74) is 2.23. The third-order valence-corrected chi connectivity index (χ3v) is 4.10. The van der Waals surface area contributed by atoms with Gasteiger partial charge in [0.2, 0.25) is 0 Å². The van der Waals surface area contributed by atoms with Gasteiger partial charge in [-0.1, -0.05) is 51.1 Å². The lowest BCUT2D eigenvalue weighted by molar-refractivity contribution is 0.105. The van der Waals surface area contributed by atoms with Crippen LogP contribution in [-0.4, -0.2) is 25.3 Å². The molecule has 2 aromatic rings.